The molecule has 2 aromatic carbocycles. The molecule has 3 rings (SSSR count). The molecule has 8 nitrogen and oxygen atoms in total. The van der Waals surface area contributed by atoms with Gasteiger partial charge in [0.1, 0.15) is 10.8 Å². The van der Waals surface area contributed by atoms with E-state index in [1.807, 2.05) is 0 Å². The number of carbonyl (C=O) groups is 4. The number of aliphatic carboxylic acids is 4. The van der Waals surface area contributed by atoms with E-state index >= 15 is 0 Å². The van der Waals surface area contributed by atoms with Crippen molar-refractivity contribution < 1.29 is 39.6 Å². The van der Waals surface area contributed by atoms with Crippen molar-refractivity contribution in [3.05, 3.63) is 71.8 Å². The lowest BCUT2D eigenvalue weighted by Crippen LogP contribution is -2.79. The Bertz CT molecular complexity index is 863. The van der Waals surface area contributed by atoms with Gasteiger partial charge in [-0.25, -0.2) is 0 Å². The van der Waals surface area contributed by atoms with Crippen LogP contribution in [0.1, 0.15) is 11.1 Å². The van der Waals surface area contributed by atoms with Gasteiger partial charge in [0.2, 0.25) is 0 Å². The quantitative estimate of drug-likeness (QED) is 0.584. The van der Waals surface area contributed by atoms with Crippen molar-refractivity contribution in [3.63, 3.8) is 0 Å². The molecule has 0 heterocycles. The first kappa shape index (κ1) is 19.1. The van der Waals surface area contributed by atoms with Crippen molar-refractivity contribution in [2.45, 2.75) is 10.8 Å². The summed E-state index contributed by atoms with van der Waals surface area (Å²) in [6.07, 6.45) is 0. The fourth-order valence-corrected chi connectivity index (χ4v) is 4.57. The third kappa shape index (κ3) is 2.17. The van der Waals surface area contributed by atoms with Crippen LogP contribution < -0.4 is 0 Å². The van der Waals surface area contributed by atoms with Crippen LogP contribution in [0.15, 0.2) is 60.7 Å². The second-order valence-corrected chi connectivity index (χ2v) is 6.62. The minimum absolute atomic E-state index is 0.0740. The maximum Gasteiger partial charge on any atom is 0.316 e. The fourth-order valence-electron chi connectivity index (χ4n) is 4.57. The van der Waals surface area contributed by atoms with E-state index in [9.17, 15) is 39.6 Å². The van der Waals surface area contributed by atoms with Crippen LogP contribution in [0.25, 0.3) is 0 Å². The Morgan fingerprint density at radius 3 is 1.07 bits per heavy atom. The van der Waals surface area contributed by atoms with E-state index in [4.69, 9.17) is 0 Å². The molecular weight excluding hydrogens is 368 g/mol. The highest BCUT2D eigenvalue weighted by Crippen LogP contribution is 2.66. The highest BCUT2D eigenvalue weighted by molar-refractivity contribution is 6.07. The molecule has 2 aromatic rings. The Morgan fingerprint density at radius 2 is 0.857 bits per heavy atom. The monoisotopic (exact) mass is 384 g/mol. The standard InChI is InChI=1S/C20H16O8/c21-15(22)13-19(17(25)26,11-7-3-1-4-8-11)14(16(23)24)20(13,18(27)28)12-9-5-2-6-10-12/h1-10,13-14H,(H,21,22)(H,23,24)(H,25,26)(H,27,28). The van der Waals surface area contributed by atoms with E-state index in [2.05, 4.69) is 0 Å². The highest BCUT2D eigenvalue weighted by atomic mass is 16.4. The number of hydrogen-bond acceptors (Lipinski definition) is 4. The molecule has 1 fully saturated rings. The molecule has 0 aliphatic heterocycles. The van der Waals surface area contributed by atoms with Crippen molar-refractivity contribution in [2.24, 2.45) is 11.8 Å². The van der Waals surface area contributed by atoms with Crippen LogP contribution in [0.5, 0.6) is 0 Å². The normalized spacial score (nSPS) is 28.7. The molecule has 1 aliphatic carbocycles. The molecule has 4 N–H and O–H groups in total. The first-order valence-corrected chi connectivity index (χ1v) is 8.26. The molecule has 144 valence electrons. The zero-order chi connectivity index (χ0) is 20.7. The van der Waals surface area contributed by atoms with E-state index < -0.39 is 46.5 Å². The van der Waals surface area contributed by atoms with Gasteiger partial charge < -0.3 is 20.4 Å². The first-order chi connectivity index (χ1) is 13.2. The van der Waals surface area contributed by atoms with Gasteiger partial charge in [0.05, 0.1) is 11.8 Å². The summed E-state index contributed by atoms with van der Waals surface area (Å²) in [5, 5.41) is 39.8. The Balaban J connectivity index is 2.43. The second kappa shape index (κ2) is 6.49. The van der Waals surface area contributed by atoms with Crippen LogP contribution in [0.2, 0.25) is 0 Å². The first-order valence-electron chi connectivity index (χ1n) is 8.26. The van der Waals surface area contributed by atoms with E-state index in [1.54, 1.807) is 12.1 Å². The van der Waals surface area contributed by atoms with Gasteiger partial charge in [0.15, 0.2) is 0 Å². The van der Waals surface area contributed by atoms with E-state index in [-0.39, 0.29) is 11.1 Å². The minimum atomic E-state index is -2.45. The van der Waals surface area contributed by atoms with Gasteiger partial charge in [-0.1, -0.05) is 60.7 Å². The molecule has 28 heavy (non-hydrogen) atoms. The summed E-state index contributed by atoms with van der Waals surface area (Å²) in [6, 6.07) is 14.1. The van der Waals surface area contributed by atoms with E-state index in [1.165, 1.54) is 48.5 Å². The number of hydrogen-bond donors (Lipinski definition) is 4. The molecule has 1 saturated carbocycles. The Kier molecular flexibility index (Phi) is 4.42. The zero-order valence-electron chi connectivity index (χ0n) is 14.4. The predicted molar refractivity (Wildman–Crippen MR) is 93.8 cm³/mol. The average Bonchev–Trinajstić information content (AvgIpc) is 2.62. The molecule has 0 amide bonds. The van der Waals surface area contributed by atoms with E-state index in [0.29, 0.717) is 0 Å². The van der Waals surface area contributed by atoms with Gasteiger partial charge in [-0.2, -0.15) is 0 Å². The van der Waals surface area contributed by atoms with Crippen molar-refractivity contribution >= 4 is 23.9 Å². The smallest absolute Gasteiger partial charge is 0.316 e. The SMILES string of the molecule is O=C(O)C1C(C(=O)O)(c2ccccc2)C(C(=O)O)C1(C(=O)O)c1ccccc1. The third-order valence-corrected chi connectivity index (χ3v) is 5.53. The van der Waals surface area contributed by atoms with Crippen LogP contribution in [-0.4, -0.2) is 44.3 Å². The summed E-state index contributed by atoms with van der Waals surface area (Å²) in [5.41, 5.74) is -5.05. The topological polar surface area (TPSA) is 149 Å². The maximum absolute atomic E-state index is 12.4. The third-order valence-electron chi connectivity index (χ3n) is 5.53. The number of carboxylic acids is 4. The predicted octanol–water partition coefficient (Wildman–Crippen LogP) is 1.45. The van der Waals surface area contributed by atoms with Crippen LogP contribution in [0.3, 0.4) is 0 Å². The molecule has 0 atom stereocenters. The van der Waals surface area contributed by atoms with Crippen LogP contribution >= 0.6 is 0 Å². The lowest BCUT2D eigenvalue weighted by molar-refractivity contribution is -0.204. The molecule has 0 aromatic heterocycles. The number of benzene rings is 2. The van der Waals surface area contributed by atoms with Crippen molar-refractivity contribution in [2.75, 3.05) is 0 Å². The van der Waals surface area contributed by atoms with Crippen LogP contribution in [-0.2, 0) is 30.0 Å². The minimum Gasteiger partial charge on any atom is -0.481 e. The second-order valence-electron chi connectivity index (χ2n) is 6.62. The Morgan fingerprint density at radius 1 is 0.571 bits per heavy atom. The Labute approximate surface area is 158 Å². The summed E-state index contributed by atoms with van der Waals surface area (Å²) in [5.74, 6) is -10.9. The summed E-state index contributed by atoms with van der Waals surface area (Å²) < 4.78 is 0. The number of rotatable bonds is 6. The fraction of sp³-hybridized carbons (Fsp3) is 0.200. The molecule has 1 aliphatic rings. The molecule has 8 heteroatoms. The highest BCUT2D eigenvalue weighted by Gasteiger charge is 2.83. The molecule has 0 bridgehead atoms. The van der Waals surface area contributed by atoms with Crippen molar-refractivity contribution in [3.8, 4) is 0 Å². The van der Waals surface area contributed by atoms with Crippen LogP contribution in [0, 0.1) is 11.8 Å². The largest absolute Gasteiger partial charge is 0.481 e. The van der Waals surface area contributed by atoms with Gasteiger partial charge in [0.25, 0.3) is 0 Å². The molecule has 0 unspecified atom stereocenters. The van der Waals surface area contributed by atoms with Gasteiger partial charge >= 0.3 is 23.9 Å². The zero-order valence-corrected chi connectivity index (χ0v) is 14.4. The van der Waals surface area contributed by atoms with Gasteiger partial charge in [-0.3, -0.25) is 19.2 Å². The Hall–Kier alpha value is -3.68. The van der Waals surface area contributed by atoms with Gasteiger partial charge in [-0.15, -0.1) is 0 Å². The molecule has 0 saturated heterocycles. The molecule has 0 radical (unpaired) electrons. The molecule has 0 spiro atoms. The van der Waals surface area contributed by atoms with Crippen molar-refractivity contribution in [1.29, 1.82) is 0 Å². The summed E-state index contributed by atoms with van der Waals surface area (Å²) in [7, 11) is 0. The van der Waals surface area contributed by atoms with Crippen LogP contribution in [0.4, 0.5) is 0 Å². The summed E-state index contributed by atoms with van der Waals surface area (Å²) >= 11 is 0. The van der Waals surface area contributed by atoms with Gasteiger partial charge in [-0.05, 0) is 11.1 Å². The van der Waals surface area contributed by atoms with E-state index in [0.717, 1.165) is 0 Å². The average molecular weight is 384 g/mol. The van der Waals surface area contributed by atoms with Crippen molar-refractivity contribution in [1.82, 2.24) is 0 Å². The lowest BCUT2D eigenvalue weighted by atomic mass is 9.35. The summed E-state index contributed by atoms with van der Waals surface area (Å²) in [6.45, 7) is 0. The maximum atomic E-state index is 12.4. The molecular formula is C20H16O8. The summed E-state index contributed by atoms with van der Waals surface area (Å²) in [4.78, 5) is 49.1. The lowest BCUT2D eigenvalue weighted by Gasteiger charge is -2.60. The number of carboxylic acid groups (broad SMARTS) is 4. The van der Waals surface area contributed by atoms with Gasteiger partial charge in [0, 0.05) is 0 Å².